The van der Waals surface area contributed by atoms with Crippen LogP contribution >= 0.6 is 0 Å². The number of benzene rings is 1. The van der Waals surface area contributed by atoms with E-state index in [-0.39, 0.29) is 5.41 Å². The van der Waals surface area contributed by atoms with E-state index in [9.17, 15) is 5.11 Å². The number of aliphatic hydroxyl groups is 2. The Morgan fingerprint density at radius 2 is 1.75 bits per heavy atom. The standard InChI is InChI=1S/C20H33NO3/c1-20(2,3)16-6-10-19(11-7-16)24-14-18(23)12-21-17-8-4-15(13-22)5-9-17/h6-7,10-11,15,17-18,21-23H,4-5,8-9,12-14H2,1-3H3. The van der Waals surface area contributed by atoms with Crippen LogP contribution in [0.2, 0.25) is 0 Å². The highest BCUT2D eigenvalue weighted by atomic mass is 16.5. The highest BCUT2D eigenvalue weighted by molar-refractivity contribution is 5.31. The minimum atomic E-state index is -0.511. The van der Waals surface area contributed by atoms with Crippen molar-refractivity contribution in [2.24, 2.45) is 5.92 Å². The zero-order chi connectivity index (χ0) is 17.6. The molecule has 0 spiro atoms. The second-order valence-electron chi connectivity index (χ2n) is 8.05. The quantitative estimate of drug-likeness (QED) is 0.717. The number of hydrogen-bond acceptors (Lipinski definition) is 4. The van der Waals surface area contributed by atoms with Gasteiger partial charge in [0.05, 0.1) is 0 Å². The van der Waals surface area contributed by atoms with Crippen molar-refractivity contribution in [1.82, 2.24) is 5.32 Å². The normalized spacial score (nSPS) is 23.0. The number of nitrogens with one attached hydrogen (secondary N) is 1. The van der Waals surface area contributed by atoms with Crippen LogP contribution in [-0.4, -0.2) is 42.1 Å². The zero-order valence-corrected chi connectivity index (χ0v) is 15.3. The molecular weight excluding hydrogens is 302 g/mol. The first-order chi connectivity index (χ1) is 11.4. The predicted octanol–water partition coefficient (Wildman–Crippen LogP) is 2.86. The van der Waals surface area contributed by atoms with Gasteiger partial charge in [-0.25, -0.2) is 0 Å². The Balaban J connectivity index is 1.67. The molecule has 0 radical (unpaired) electrons. The molecule has 24 heavy (non-hydrogen) atoms. The Kier molecular flexibility index (Phi) is 7.08. The molecule has 0 aromatic heterocycles. The maximum absolute atomic E-state index is 10.1. The molecule has 0 amide bonds. The summed E-state index contributed by atoms with van der Waals surface area (Å²) in [6.45, 7) is 7.71. The first kappa shape index (κ1) is 19.2. The molecule has 1 saturated carbocycles. The maximum atomic E-state index is 10.1. The summed E-state index contributed by atoms with van der Waals surface area (Å²) in [7, 11) is 0. The summed E-state index contributed by atoms with van der Waals surface area (Å²) in [5.74, 6) is 1.26. The molecule has 0 aliphatic heterocycles. The average molecular weight is 335 g/mol. The Morgan fingerprint density at radius 1 is 1.12 bits per heavy atom. The van der Waals surface area contributed by atoms with E-state index in [2.05, 4.69) is 38.2 Å². The lowest BCUT2D eigenvalue weighted by atomic mass is 9.86. The summed E-state index contributed by atoms with van der Waals surface area (Å²) in [4.78, 5) is 0. The van der Waals surface area contributed by atoms with Crippen LogP contribution in [0.4, 0.5) is 0 Å². The van der Waals surface area contributed by atoms with Gasteiger partial charge in [0.25, 0.3) is 0 Å². The molecule has 4 nitrogen and oxygen atoms in total. The number of ether oxygens (including phenoxy) is 1. The van der Waals surface area contributed by atoms with Gasteiger partial charge in [-0.05, 0) is 54.7 Å². The minimum absolute atomic E-state index is 0.136. The van der Waals surface area contributed by atoms with Crippen molar-refractivity contribution < 1.29 is 14.9 Å². The van der Waals surface area contributed by atoms with Crippen LogP contribution in [0.3, 0.4) is 0 Å². The monoisotopic (exact) mass is 335 g/mol. The lowest BCUT2D eigenvalue weighted by Crippen LogP contribution is -2.40. The Morgan fingerprint density at radius 3 is 2.29 bits per heavy atom. The number of hydrogen-bond donors (Lipinski definition) is 3. The topological polar surface area (TPSA) is 61.7 Å². The molecule has 0 bridgehead atoms. The van der Waals surface area contributed by atoms with Crippen molar-refractivity contribution >= 4 is 0 Å². The highest BCUT2D eigenvalue weighted by Crippen LogP contribution is 2.25. The molecule has 0 heterocycles. The SMILES string of the molecule is CC(C)(C)c1ccc(OCC(O)CNC2CCC(CO)CC2)cc1. The van der Waals surface area contributed by atoms with Crippen molar-refractivity contribution in [1.29, 1.82) is 0 Å². The number of rotatable bonds is 7. The Hall–Kier alpha value is -1.10. The zero-order valence-electron chi connectivity index (χ0n) is 15.3. The molecular formula is C20H33NO3. The summed E-state index contributed by atoms with van der Waals surface area (Å²) in [5, 5.41) is 22.7. The molecule has 2 rings (SSSR count). The minimum Gasteiger partial charge on any atom is -0.491 e. The van der Waals surface area contributed by atoms with Gasteiger partial charge in [-0.15, -0.1) is 0 Å². The van der Waals surface area contributed by atoms with Crippen molar-refractivity contribution in [3.05, 3.63) is 29.8 Å². The Labute approximate surface area is 146 Å². The summed E-state index contributed by atoms with van der Waals surface area (Å²) in [6, 6.07) is 8.56. The van der Waals surface area contributed by atoms with Gasteiger partial charge in [0.2, 0.25) is 0 Å². The fourth-order valence-corrected chi connectivity index (χ4v) is 3.15. The third kappa shape index (κ3) is 6.08. The molecule has 1 unspecified atom stereocenters. The smallest absolute Gasteiger partial charge is 0.119 e. The van der Waals surface area contributed by atoms with Crippen LogP contribution in [0.1, 0.15) is 52.0 Å². The van der Waals surface area contributed by atoms with E-state index in [1.165, 1.54) is 5.56 Å². The van der Waals surface area contributed by atoms with Gasteiger partial charge in [0, 0.05) is 19.2 Å². The van der Waals surface area contributed by atoms with E-state index >= 15 is 0 Å². The molecule has 3 N–H and O–H groups in total. The first-order valence-corrected chi connectivity index (χ1v) is 9.14. The molecule has 1 aliphatic carbocycles. The summed E-state index contributed by atoms with van der Waals surface area (Å²) < 4.78 is 5.69. The van der Waals surface area contributed by atoms with Gasteiger partial charge in [-0.2, -0.15) is 0 Å². The molecule has 1 aliphatic rings. The maximum Gasteiger partial charge on any atom is 0.119 e. The van der Waals surface area contributed by atoms with E-state index in [0.717, 1.165) is 31.4 Å². The van der Waals surface area contributed by atoms with Gasteiger partial charge in [0.15, 0.2) is 0 Å². The number of aliphatic hydroxyl groups excluding tert-OH is 2. The fourth-order valence-electron chi connectivity index (χ4n) is 3.15. The average Bonchev–Trinajstić information content (AvgIpc) is 2.58. The third-order valence-corrected chi connectivity index (χ3v) is 4.91. The molecule has 1 atom stereocenters. The molecule has 1 aromatic carbocycles. The molecule has 1 aromatic rings. The fraction of sp³-hybridized carbons (Fsp3) is 0.700. The summed E-state index contributed by atoms with van der Waals surface area (Å²) in [6.07, 6.45) is 3.78. The summed E-state index contributed by atoms with van der Waals surface area (Å²) >= 11 is 0. The van der Waals surface area contributed by atoms with Gasteiger partial charge >= 0.3 is 0 Å². The second kappa shape index (κ2) is 8.84. The van der Waals surface area contributed by atoms with Crippen molar-refractivity contribution in [3.63, 3.8) is 0 Å². The van der Waals surface area contributed by atoms with Crippen LogP contribution in [-0.2, 0) is 5.41 Å². The van der Waals surface area contributed by atoms with E-state index in [1.54, 1.807) is 0 Å². The molecule has 1 fully saturated rings. The van der Waals surface area contributed by atoms with Crippen LogP contribution in [0.25, 0.3) is 0 Å². The highest BCUT2D eigenvalue weighted by Gasteiger charge is 2.20. The van der Waals surface area contributed by atoms with Gasteiger partial charge < -0.3 is 20.3 Å². The van der Waals surface area contributed by atoms with E-state index in [4.69, 9.17) is 9.84 Å². The Bertz CT molecular complexity index is 473. The van der Waals surface area contributed by atoms with Crippen LogP contribution in [0, 0.1) is 5.92 Å². The molecule has 0 saturated heterocycles. The van der Waals surface area contributed by atoms with Crippen LogP contribution < -0.4 is 10.1 Å². The first-order valence-electron chi connectivity index (χ1n) is 9.14. The van der Waals surface area contributed by atoms with Crippen molar-refractivity contribution in [3.8, 4) is 5.75 Å². The summed E-state index contributed by atoms with van der Waals surface area (Å²) in [5.41, 5.74) is 1.41. The lowest BCUT2D eigenvalue weighted by Gasteiger charge is -2.28. The second-order valence-corrected chi connectivity index (χ2v) is 8.05. The van der Waals surface area contributed by atoms with E-state index in [0.29, 0.717) is 31.7 Å². The molecule has 4 heteroatoms. The van der Waals surface area contributed by atoms with Crippen molar-refractivity contribution in [2.45, 2.75) is 64.0 Å². The van der Waals surface area contributed by atoms with Gasteiger partial charge in [-0.1, -0.05) is 32.9 Å². The van der Waals surface area contributed by atoms with Crippen LogP contribution in [0.15, 0.2) is 24.3 Å². The van der Waals surface area contributed by atoms with Crippen molar-refractivity contribution in [2.75, 3.05) is 19.8 Å². The van der Waals surface area contributed by atoms with E-state index in [1.807, 2.05) is 12.1 Å². The molecule has 136 valence electrons. The lowest BCUT2D eigenvalue weighted by molar-refractivity contribution is 0.0987. The largest absolute Gasteiger partial charge is 0.491 e. The third-order valence-electron chi connectivity index (χ3n) is 4.91. The van der Waals surface area contributed by atoms with E-state index < -0.39 is 6.10 Å². The van der Waals surface area contributed by atoms with Gasteiger partial charge in [0.1, 0.15) is 18.5 Å². The van der Waals surface area contributed by atoms with Gasteiger partial charge in [-0.3, -0.25) is 0 Å². The van der Waals surface area contributed by atoms with Crippen LogP contribution in [0.5, 0.6) is 5.75 Å². The predicted molar refractivity (Wildman–Crippen MR) is 97.5 cm³/mol.